The predicted octanol–water partition coefficient (Wildman–Crippen LogP) is 4.82. The molecule has 5 heteroatoms. The highest BCUT2D eigenvalue weighted by molar-refractivity contribution is 6.31. The Morgan fingerprint density at radius 3 is 2.48 bits per heavy atom. The van der Waals surface area contributed by atoms with Crippen molar-refractivity contribution in [3.05, 3.63) is 58.6 Å². The molecule has 0 radical (unpaired) electrons. The minimum atomic E-state index is 0.0565. The number of ether oxygens (including phenoxy) is 2. The minimum Gasteiger partial charge on any atom is -0.490 e. The first-order chi connectivity index (χ1) is 13.1. The van der Waals surface area contributed by atoms with Crippen molar-refractivity contribution in [3.63, 3.8) is 0 Å². The second kappa shape index (κ2) is 11.5. The van der Waals surface area contributed by atoms with Crippen molar-refractivity contribution < 1.29 is 14.3 Å². The maximum Gasteiger partial charge on any atom is 0.220 e. The maximum atomic E-state index is 12.1. The van der Waals surface area contributed by atoms with Crippen LogP contribution >= 0.6 is 11.6 Å². The van der Waals surface area contributed by atoms with E-state index >= 15 is 0 Å². The Morgan fingerprint density at radius 2 is 1.74 bits per heavy atom. The van der Waals surface area contributed by atoms with Gasteiger partial charge >= 0.3 is 0 Å². The van der Waals surface area contributed by atoms with Crippen LogP contribution in [0.1, 0.15) is 37.8 Å². The van der Waals surface area contributed by atoms with Crippen molar-refractivity contribution in [2.24, 2.45) is 0 Å². The molecule has 0 fully saturated rings. The molecule has 4 nitrogen and oxygen atoms in total. The molecule has 1 N–H and O–H groups in total. The van der Waals surface area contributed by atoms with E-state index in [-0.39, 0.29) is 5.91 Å². The van der Waals surface area contributed by atoms with Gasteiger partial charge in [0.25, 0.3) is 0 Å². The lowest BCUT2D eigenvalue weighted by molar-refractivity contribution is -0.121. The highest BCUT2D eigenvalue weighted by atomic mass is 35.5. The van der Waals surface area contributed by atoms with Crippen LogP contribution in [-0.2, 0) is 17.6 Å². The zero-order valence-corrected chi connectivity index (χ0v) is 16.8. The highest BCUT2D eigenvalue weighted by Crippen LogP contribution is 2.29. The van der Waals surface area contributed by atoms with Gasteiger partial charge in [-0.3, -0.25) is 4.79 Å². The fourth-order valence-corrected chi connectivity index (χ4v) is 3.04. The number of halogens is 1. The second-order valence-electron chi connectivity index (χ2n) is 6.19. The topological polar surface area (TPSA) is 47.6 Å². The summed E-state index contributed by atoms with van der Waals surface area (Å²) in [4.78, 5) is 12.1. The van der Waals surface area contributed by atoms with Crippen LogP contribution in [0.5, 0.6) is 11.5 Å². The number of amides is 1. The number of carbonyl (C=O) groups excluding carboxylic acids is 1. The van der Waals surface area contributed by atoms with Crippen molar-refractivity contribution in [1.29, 1.82) is 0 Å². The highest BCUT2D eigenvalue weighted by Gasteiger charge is 2.08. The van der Waals surface area contributed by atoms with E-state index in [1.807, 2.05) is 56.3 Å². The molecule has 146 valence electrons. The first-order valence-electron chi connectivity index (χ1n) is 9.52. The smallest absolute Gasteiger partial charge is 0.220 e. The van der Waals surface area contributed by atoms with Crippen LogP contribution in [0.4, 0.5) is 0 Å². The van der Waals surface area contributed by atoms with Crippen molar-refractivity contribution >= 4 is 17.5 Å². The van der Waals surface area contributed by atoms with E-state index in [0.717, 1.165) is 40.5 Å². The summed E-state index contributed by atoms with van der Waals surface area (Å²) >= 11 is 6.14. The van der Waals surface area contributed by atoms with E-state index in [0.29, 0.717) is 32.6 Å². The lowest BCUT2D eigenvalue weighted by Crippen LogP contribution is -2.25. The van der Waals surface area contributed by atoms with Gasteiger partial charge < -0.3 is 14.8 Å². The Bertz CT molecular complexity index is 733. The van der Waals surface area contributed by atoms with Gasteiger partial charge in [-0.05, 0) is 62.4 Å². The van der Waals surface area contributed by atoms with E-state index in [4.69, 9.17) is 21.1 Å². The lowest BCUT2D eigenvalue weighted by atomic mass is 10.1. The molecule has 0 saturated carbocycles. The predicted molar refractivity (Wildman–Crippen MR) is 110 cm³/mol. The van der Waals surface area contributed by atoms with Crippen LogP contribution in [0.2, 0.25) is 5.02 Å². The van der Waals surface area contributed by atoms with Crippen LogP contribution in [0.25, 0.3) is 0 Å². The molecule has 0 spiro atoms. The first kappa shape index (κ1) is 21.1. The summed E-state index contributed by atoms with van der Waals surface area (Å²) in [5.74, 6) is 1.53. The van der Waals surface area contributed by atoms with Gasteiger partial charge in [-0.25, -0.2) is 0 Å². The number of hydrogen-bond donors (Lipinski definition) is 1. The zero-order valence-electron chi connectivity index (χ0n) is 16.1. The molecule has 2 aromatic carbocycles. The monoisotopic (exact) mass is 389 g/mol. The summed E-state index contributed by atoms with van der Waals surface area (Å²) in [5.41, 5.74) is 2.18. The summed E-state index contributed by atoms with van der Waals surface area (Å²) in [6.07, 6.45) is 2.85. The van der Waals surface area contributed by atoms with Gasteiger partial charge in [-0.2, -0.15) is 0 Å². The molecule has 0 aliphatic heterocycles. The molecular weight excluding hydrogens is 362 g/mol. The summed E-state index contributed by atoms with van der Waals surface area (Å²) in [5, 5.41) is 3.76. The third kappa shape index (κ3) is 7.14. The lowest BCUT2D eigenvalue weighted by Gasteiger charge is -2.12. The van der Waals surface area contributed by atoms with Gasteiger partial charge in [-0.1, -0.05) is 35.9 Å². The third-order valence-electron chi connectivity index (χ3n) is 4.15. The molecule has 27 heavy (non-hydrogen) atoms. The largest absolute Gasteiger partial charge is 0.490 e. The Morgan fingerprint density at radius 1 is 1.00 bits per heavy atom. The van der Waals surface area contributed by atoms with Gasteiger partial charge in [0, 0.05) is 18.0 Å². The van der Waals surface area contributed by atoms with E-state index in [1.54, 1.807) is 0 Å². The number of hydrogen-bond acceptors (Lipinski definition) is 3. The molecule has 0 atom stereocenters. The van der Waals surface area contributed by atoms with Crippen LogP contribution in [0, 0.1) is 0 Å². The Balaban J connectivity index is 1.74. The Kier molecular flexibility index (Phi) is 8.99. The molecule has 2 aromatic rings. The minimum absolute atomic E-state index is 0.0565. The Labute approximate surface area is 166 Å². The standard InChI is InChI=1S/C22H28ClNO3/c1-3-26-20-13-11-17(16-21(20)27-4-2)12-14-22(25)24-15-7-9-18-8-5-6-10-19(18)23/h5-6,8,10-11,13,16H,3-4,7,9,12,14-15H2,1-2H3,(H,24,25). The molecule has 2 rings (SSSR count). The van der Waals surface area contributed by atoms with E-state index in [9.17, 15) is 4.79 Å². The van der Waals surface area contributed by atoms with E-state index in [1.165, 1.54) is 0 Å². The Hall–Kier alpha value is -2.20. The molecule has 0 aliphatic carbocycles. The van der Waals surface area contributed by atoms with Gasteiger partial charge in [-0.15, -0.1) is 0 Å². The SMILES string of the molecule is CCOc1ccc(CCC(=O)NCCCc2ccccc2Cl)cc1OCC. The third-order valence-corrected chi connectivity index (χ3v) is 4.52. The number of aryl methyl sites for hydroxylation is 2. The number of benzene rings is 2. The normalized spacial score (nSPS) is 10.5. The van der Waals surface area contributed by atoms with Crippen molar-refractivity contribution in [3.8, 4) is 11.5 Å². The average molecular weight is 390 g/mol. The number of nitrogens with one attached hydrogen (secondary N) is 1. The van der Waals surface area contributed by atoms with Crippen LogP contribution in [0.15, 0.2) is 42.5 Å². The maximum absolute atomic E-state index is 12.1. The number of rotatable bonds is 11. The van der Waals surface area contributed by atoms with E-state index < -0.39 is 0 Å². The van der Waals surface area contributed by atoms with Crippen molar-refractivity contribution in [2.75, 3.05) is 19.8 Å². The molecule has 0 aromatic heterocycles. The van der Waals surface area contributed by atoms with Gasteiger partial charge in [0.15, 0.2) is 11.5 Å². The molecular formula is C22H28ClNO3. The molecule has 0 bridgehead atoms. The average Bonchev–Trinajstić information content (AvgIpc) is 2.67. The van der Waals surface area contributed by atoms with Crippen molar-refractivity contribution in [2.45, 2.75) is 39.5 Å². The van der Waals surface area contributed by atoms with Gasteiger partial charge in [0.05, 0.1) is 13.2 Å². The van der Waals surface area contributed by atoms with Crippen LogP contribution in [-0.4, -0.2) is 25.7 Å². The molecule has 0 heterocycles. The van der Waals surface area contributed by atoms with Crippen molar-refractivity contribution in [1.82, 2.24) is 5.32 Å². The fourth-order valence-electron chi connectivity index (χ4n) is 2.81. The van der Waals surface area contributed by atoms with Gasteiger partial charge in [0.1, 0.15) is 0 Å². The van der Waals surface area contributed by atoms with E-state index in [2.05, 4.69) is 5.32 Å². The first-order valence-corrected chi connectivity index (χ1v) is 9.90. The quantitative estimate of drug-likeness (QED) is 0.560. The summed E-state index contributed by atoms with van der Waals surface area (Å²) in [7, 11) is 0. The molecule has 0 aliphatic rings. The summed E-state index contributed by atoms with van der Waals surface area (Å²) in [6, 6.07) is 13.7. The molecule has 1 amide bonds. The van der Waals surface area contributed by atoms with Gasteiger partial charge in [0.2, 0.25) is 5.91 Å². The van der Waals surface area contributed by atoms with Crippen LogP contribution < -0.4 is 14.8 Å². The zero-order chi connectivity index (χ0) is 19.5. The summed E-state index contributed by atoms with van der Waals surface area (Å²) in [6.45, 7) is 5.71. The molecule has 0 saturated heterocycles. The second-order valence-corrected chi connectivity index (χ2v) is 6.60. The molecule has 0 unspecified atom stereocenters. The number of carbonyl (C=O) groups is 1. The fraction of sp³-hybridized carbons (Fsp3) is 0.409. The van der Waals surface area contributed by atoms with Crippen LogP contribution in [0.3, 0.4) is 0 Å². The summed E-state index contributed by atoms with van der Waals surface area (Å²) < 4.78 is 11.2.